The number of hydrogen-bond acceptors (Lipinski definition) is 6. The van der Waals surface area contributed by atoms with Crippen LogP contribution >= 0.6 is 0 Å². The molecular formula is C20H22N6O3. The van der Waals surface area contributed by atoms with Gasteiger partial charge >= 0.3 is 0 Å². The van der Waals surface area contributed by atoms with Crippen molar-refractivity contribution in [1.29, 1.82) is 0 Å². The molecule has 4 N–H and O–H groups in total. The molecule has 0 unspecified atom stereocenters. The van der Waals surface area contributed by atoms with Crippen LogP contribution in [0.5, 0.6) is 0 Å². The molecule has 3 rings (SSSR count). The summed E-state index contributed by atoms with van der Waals surface area (Å²) in [6.45, 7) is 5.94. The lowest BCUT2D eigenvalue weighted by Crippen LogP contribution is -2.16. The first-order valence-corrected chi connectivity index (χ1v) is 9.01. The van der Waals surface area contributed by atoms with E-state index < -0.39 is 16.2 Å². The lowest BCUT2D eigenvalue weighted by atomic mass is 9.85. The van der Waals surface area contributed by atoms with E-state index in [1.807, 2.05) is 20.8 Å². The van der Waals surface area contributed by atoms with Crippen LogP contribution < -0.4 is 11.1 Å². The maximum absolute atomic E-state index is 12.6. The Hall–Kier alpha value is -3.59. The highest BCUT2D eigenvalue weighted by Crippen LogP contribution is 2.32. The highest BCUT2D eigenvalue weighted by atomic mass is 16.6. The van der Waals surface area contributed by atoms with Gasteiger partial charge in [-0.1, -0.05) is 26.8 Å². The molecule has 1 amide bonds. The van der Waals surface area contributed by atoms with Crippen molar-refractivity contribution in [2.45, 2.75) is 32.7 Å². The number of carbonyl (C=O) groups excluding carboxylic acids is 1. The number of amides is 1. The smallest absolute Gasteiger partial charge is 0.273 e. The normalized spacial score (nSPS) is 11.3. The van der Waals surface area contributed by atoms with E-state index in [0.29, 0.717) is 22.9 Å². The van der Waals surface area contributed by atoms with Crippen LogP contribution in [0.25, 0.3) is 11.4 Å². The van der Waals surface area contributed by atoms with Crippen LogP contribution in [0, 0.1) is 10.1 Å². The van der Waals surface area contributed by atoms with Gasteiger partial charge in [0.1, 0.15) is 5.82 Å². The van der Waals surface area contributed by atoms with Gasteiger partial charge in [-0.05, 0) is 35.7 Å². The number of aromatic amines is 1. The van der Waals surface area contributed by atoms with Gasteiger partial charge in [-0.15, -0.1) is 0 Å². The first-order valence-electron chi connectivity index (χ1n) is 9.01. The van der Waals surface area contributed by atoms with Crippen LogP contribution in [-0.2, 0) is 12.0 Å². The van der Waals surface area contributed by atoms with Crippen LogP contribution in [0.1, 0.15) is 42.5 Å². The van der Waals surface area contributed by atoms with Crippen molar-refractivity contribution < 1.29 is 9.72 Å². The zero-order valence-corrected chi connectivity index (χ0v) is 16.4. The molecule has 0 aliphatic carbocycles. The fourth-order valence-electron chi connectivity index (χ4n) is 2.88. The first kappa shape index (κ1) is 20.2. The number of nitrogens with zero attached hydrogens (tertiary/aromatic N) is 3. The Bertz CT molecular complexity index is 1050. The van der Waals surface area contributed by atoms with Crippen LogP contribution in [0.2, 0.25) is 0 Å². The number of H-pyrrole nitrogens is 1. The Morgan fingerprint density at radius 1 is 1.21 bits per heavy atom. The summed E-state index contributed by atoms with van der Waals surface area (Å²) in [5.41, 5.74) is 7.15. The lowest BCUT2D eigenvalue weighted by Gasteiger charge is -2.19. The number of rotatable bonds is 5. The van der Waals surface area contributed by atoms with E-state index in [9.17, 15) is 14.9 Å². The topological polar surface area (TPSA) is 140 Å². The largest absolute Gasteiger partial charge is 0.324 e. The van der Waals surface area contributed by atoms with Crippen molar-refractivity contribution >= 4 is 17.3 Å². The number of hydrogen-bond donors (Lipinski definition) is 3. The molecule has 150 valence electrons. The lowest BCUT2D eigenvalue weighted by molar-refractivity contribution is -0.386. The van der Waals surface area contributed by atoms with Crippen LogP contribution in [-0.4, -0.2) is 26.0 Å². The molecule has 0 saturated heterocycles. The third-order valence-electron chi connectivity index (χ3n) is 4.39. The van der Waals surface area contributed by atoms with Crippen molar-refractivity contribution in [3.8, 4) is 11.4 Å². The van der Waals surface area contributed by atoms with Crippen molar-refractivity contribution in [2.75, 3.05) is 5.32 Å². The summed E-state index contributed by atoms with van der Waals surface area (Å²) < 4.78 is 0. The molecule has 0 bridgehead atoms. The molecule has 0 atom stereocenters. The zero-order valence-electron chi connectivity index (χ0n) is 16.4. The highest BCUT2D eigenvalue weighted by Gasteiger charge is 2.26. The molecule has 1 aromatic heterocycles. The van der Waals surface area contributed by atoms with Gasteiger partial charge in [-0.2, -0.15) is 5.10 Å². The summed E-state index contributed by atoms with van der Waals surface area (Å²) in [6, 6.07) is 11.5. The number of nitrogens with two attached hydrogens (primary N) is 1. The van der Waals surface area contributed by atoms with E-state index in [-0.39, 0.29) is 17.8 Å². The van der Waals surface area contributed by atoms with Gasteiger partial charge < -0.3 is 11.1 Å². The number of nitro benzene ring substituents is 1. The summed E-state index contributed by atoms with van der Waals surface area (Å²) in [5.74, 6) is 0.666. The second kappa shape index (κ2) is 7.80. The molecule has 2 aromatic carbocycles. The molecule has 29 heavy (non-hydrogen) atoms. The van der Waals surface area contributed by atoms with Crippen molar-refractivity contribution in [1.82, 2.24) is 15.2 Å². The number of carbonyl (C=O) groups is 1. The van der Waals surface area contributed by atoms with Crippen molar-refractivity contribution in [3.63, 3.8) is 0 Å². The van der Waals surface area contributed by atoms with E-state index >= 15 is 0 Å². The van der Waals surface area contributed by atoms with E-state index in [1.165, 1.54) is 6.07 Å². The van der Waals surface area contributed by atoms with E-state index in [1.54, 1.807) is 36.4 Å². The molecule has 0 aliphatic rings. The third-order valence-corrected chi connectivity index (χ3v) is 4.39. The zero-order chi connectivity index (χ0) is 21.2. The minimum atomic E-state index is -0.460. The summed E-state index contributed by atoms with van der Waals surface area (Å²) in [5, 5.41) is 21.0. The molecule has 0 fully saturated rings. The quantitative estimate of drug-likeness (QED) is 0.447. The summed E-state index contributed by atoms with van der Waals surface area (Å²) >= 11 is 0. The molecule has 1 heterocycles. The minimum Gasteiger partial charge on any atom is -0.324 e. The maximum Gasteiger partial charge on any atom is 0.273 e. The summed E-state index contributed by atoms with van der Waals surface area (Å²) in [7, 11) is 0. The number of anilines is 1. The Kier molecular flexibility index (Phi) is 5.42. The van der Waals surface area contributed by atoms with Crippen LogP contribution in [0.3, 0.4) is 0 Å². The van der Waals surface area contributed by atoms with Gasteiger partial charge in [0, 0.05) is 28.4 Å². The predicted octanol–water partition coefficient (Wildman–Crippen LogP) is 3.39. The van der Waals surface area contributed by atoms with Gasteiger partial charge in [-0.25, -0.2) is 4.98 Å². The summed E-state index contributed by atoms with van der Waals surface area (Å²) in [4.78, 5) is 27.8. The summed E-state index contributed by atoms with van der Waals surface area (Å²) in [6.07, 6.45) is 0. The van der Waals surface area contributed by atoms with Crippen molar-refractivity contribution in [2.24, 2.45) is 5.73 Å². The fraction of sp³-hybridized carbons (Fsp3) is 0.250. The Morgan fingerprint density at radius 3 is 2.45 bits per heavy atom. The van der Waals surface area contributed by atoms with Crippen molar-refractivity contribution in [3.05, 3.63) is 69.5 Å². The van der Waals surface area contributed by atoms with Gasteiger partial charge in [-0.3, -0.25) is 20.0 Å². The molecule has 0 aliphatic heterocycles. The fourth-order valence-corrected chi connectivity index (χ4v) is 2.88. The third kappa shape index (κ3) is 4.46. The highest BCUT2D eigenvalue weighted by molar-refractivity contribution is 6.04. The molecule has 0 spiro atoms. The van der Waals surface area contributed by atoms with Gasteiger partial charge in [0.05, 0.1) is 11.5 Å². The molecular weight excluding hydrogens is 372 g/mol. The second-order valence-corrected chi connectivity index (χ2v) is 7.58. The number of nitro groups is 1. The standard InChI is InChI=1S/C20H22N6O3/c1-20(2,3)15-9-6-13(10-16(15)26(28)29)19(27)22-14-7-4-12(5-8-14)18-23-17(11-21)24-25-18/h4-10H,11,21H2,1-3H3,(H,22,27)(H,23,24,25). The Labute approximate surface area is 167 Å². The maximum atomic E-state index is 12.6. The second-order valence-electron chi connectivity index (χ2n) is 7.58. The van der Waals surface area contributed by atoms with Gasteiger partial charge in [0.2, 0.25) is 0 Å². The van der Waals surface area contributed by atoms with E-state index in [0.717, 1.165) is 5.56 Å². The molecule has 9 heteroatoms. The van der Waals surface area contributed by atoms with E-state index in [2.05, 4.69) is 20.5 Å². The van der Waals surface area contributed by atoms with Gasteiger partial charge in [0.15, 0.2) is 5.82 Å². The predicted molar refractivity (Wildman–Crippen MR) is 109 cm³/mol. The molecule has 9 nitrogen and oxygen atoms in total. The number of nitrogens with one attached hydrogen (secondary N) is 2. The SMILES string of the molecule is CC(C)(C)c1ccc(C(=O)Nc2ccc(-c3n[nH]c(CN)n3)cc2)cc1[N+](=O)[O-]. The minimum absolute atomic E-state index is 0.0687. The van der Waals surface area contributed by atoms with E-state index in [4.69, 9.17) is 5.73 Å². The molecule has 0 saturated carbocycles. The Balaban J connectivity index is 1.79. The average molecular weight is 394 g/mol. The number of aromatic nitrogens is 3. The first-order chi connectivity index (χ1) is 13.7. The molecule has 0 radical (unpaired) electrons. The molecule has 3 aromatic rings. The monoisotopic (exact) mass is 394 g/mol. The van der Waals surface area contributed by atoms with Crippen LogP contribution in [0.15, 0.2) is 42.5 Å². The average Bonchev–Trinajstić information content (AvgIpc) is 3.16. The Morgan fingerprint density at radius 2 is 1.90 bits per heavy atom. The van der Waals surface area contributed by atoms with Crippen LogP contribution in [0.4, 0.5) is 11.4 Å². The number of benzene rings is 2. The van der Waals surface area contributed by atoms with Gasteiger partial charge in [0.25, 0.3) is 11.6 Å².